The Kier molecular flexibility index (Phi) is 3.13. The molecule has 2 nitrogen and oxygen atoms in total. The van der Waals surface area contributed by atoms with E-state index in [2.05, 4.69) is 19.2 Å². The number of hydrogen-bond donors (Lipinski definition) is 1. The van der Waals surface area contributed by atoms with Crippen molar-refractivity contribution in [3.63, 3.8) is 0 Å². The molecule has 2 aliphatic rings. The number of ether oxygens (including phenoxy) is 1. The number of rotatable bonds is 2. The van der Waals surface area contributed by atoms with Crippen molar-refractivity contribution in [1.82, 2.24) is 5.32 Å². The lowest BCUT2D eigenvalue weighted by atomic mass is 9.97. The molecular formula is C12H23NO. The predicted octanol–water partition coefficient (Wildman–Crippen LogP) is 2.48. The van der Waals surface area contributed by atoms with Gasteiger partial charge in [0, 0.05) is 6.04 Å². The Morgan fingerprint density at radius 1 is 1.29 bits per heavy atom. The van der Waals surface area contributed by atoms with E-state index in [1.807, 2.05) is 0 Å². The van der Waals surface area contributed by atoms with E-state index in [-0.39, 0.29) is 5.60 Å². The average molecular weight is 197 g/mol. The third-order valence-electron chi connectivity index (χ3n) is 3.51. The lowest BCUT2D eigenvalue weighted by Crippen LogP contribution is -2.37. The molecule has 0 amide bonds. The zero-order valence-electron chi connectivity index (χ0n) is 9.51. The first-order valence-corrected chi connectivity index (χ1v) is 6.07. The smallest absolute Gasteiger partial charge is 0.0631 e. The molecule has 1 N–H and O–H groups in total. The van der Waals surface area contributed by atoms with Gasteiger partial charge in [-0.2, -0.15) is 0 Å². The Hall–Kier alpha value is -0.0800. The van der Waals surface area contributed by atoms with Crippen LogP contribution in [0.3, 0.4) is 0 Å². The zero-order chi connectivity index (χ0) is 10.0. The molecule has 2 fully saturated rings. The van der Waals surface area contributed by atoms with Gasteiger partial charge in [-0.05, 0) is 52.5 Å². The average Bonchev–Trinajstić information content (AvgIpc) is 2.47. The van der Waals surface area contributed by atoms with Crippen molar-refractivity contribution in [3.8, 4) is 0 Å². The standard InChI is InChI=1S/C12H23NO/c1-12(2)7-6-11(14-12)9-10-5-3-4-8-13-10/h10-11,13H,3-9H2,1-2H3. The van der Waals surface area contributed by atoms with Gasteiger partial charge in [-0.1, -0.05) is 6.42 Å². The van der Waals surface area contributed by atoms with Crippen molar-refractivity contribution in [2.24, 2.45) is 0 Å². The van der Waals surface area contributed by atoms with Crippen LogP contribution in [0.5, 0.6) is 0 Å². The van der Waals surface area contributed by atoms with Crippen LogP contribution in [0.2, 0.25) is 0 Å². The van der Waals surface area contributed by atoms with E-state index in [1.54, 1.807) is 0 Å². The Balaban J connectivity index is 1.75. The third kappa shape index (κ3) is 2.71. The lowest BCUT2D eigenvalue weighted by molar-refractivity contribution is -0.0229. The SMILES string of the molecule is CC1(C)CCC(CC2CCCCN2)O1. The molecular weight excluding hydrogens is 174 g/mol. The zero-order valence-corrected chi connectivity index (χ0v) is 9.51. The Morgan fingerprint density at radius 2 is 2.14 bits per heavy atom. The summed E-state index contributed by atoms with van der Waals surface area (Å²) in [7, 11) is 0. The molecule has 14 heavy (non-hydrogen) atoms. The fourth-order valence-corrected chi connectivity index (χ4v) is 2.69. The van der Waals surface area contributed by atoms with Crippen LogP contribution in [0, 0.1) is 0 Å². The van der Waals surface area contributed by atoms with Gasteiger partial charge in [0.15, 0.2) is 0 Å². The highest BCUT2D eigenvalue weighted by atomic mass is 16.5. The lowest BCUT2D eigenvalue weighted by Gasteiger charge is -2.27. The maximum Gasteiger partial charge on any atom is 0.0631 e. The van der Waals surface area contributed by atoms with E-state index in [4.69, 9.17) is 4.74 Å². The molecule has 2 atom stereocenters. The van der Waals surface area contributed by atoms with Gasteiger partial charge in [0.25, 0.3) is 0 Å². The summed E-state index contributed by atoms with van der Waals surface area (Å²) < 4.78 is 6.01. The Labute approximate surface area is 87.4 Å². The normalized spacial score (nSPS) is 37.3. The number of hydrogen-bond acceptors (Lipinski definition) is 2. The summed E-state index contributed by atoms with van der Waals surface area (Å²) in [6.07, 6.45) is 8.32. The monoisotopic (exact) mass is 197 g/mol. The minimum absolute atomic E-state index is 0.138. The largest absolute Gasteiger partial charge is 0.372 e. The fraction of sp³-hybridized carbons (Fsp3) is 1.00. The second-order valence-electron chi connectivity index (χ2n) is 5.42. The highest BCUT2D eigenvalue weighted by Gasteiger charge is 2.32. The maximum atomic E-state index is 6.01. The molecule has 0 bridgehead atoms. The van der Waals surface area contributed by atoms with E-state index in [0.29, 0.717) is 6.10 Å². The maximum absolute atomic E-state index is 6.01. The van der Waals surface area contributed by atoms with Crippen LogP contribution in [-0.2, 0) is 4.74 Å². The van der Waals surface area contributed by atoms with Crippen molar-refractivity contribution in [2.75, 3.05) is 6.54 Å². The van der Waals surface area contributed by atoms with Crippen LogP contribution < -0.4 is 5.32 Å². The van der Waals surface area contributed by atoms with Gasteiger partial charge in [0.2, 0.25) is 0 Å². The fourth-order valence-electron chi connectivity index (χ4n) is 2.69. The molecule has 0 saturated carbocycles. The van der Waals surface area contributed by atoms with Crippen molar-refractivity contribution in [2.45, 2.75) is 70.1 Å². The van der Waals surface area contributed by atoms with Crippen molar-refractivity contribution in [3.05, 3.63) is 0 Å². The van der Waals surface area contributed by atoms with Crippen molar-refractivity contribution in [1.29, 1.82) is 0 Å². The molecule has 2 heteroatoms. The summed E-state index contributed by atoms with van der Waals surface area (Å²) in [5, 5.41) is 3.59. The molecule has 82 valence electrons. The first-order valence-electron chi connectivity index (χ1n) is 6.07. The van der Waals surface area contributed by atoms with Crippen molar-refractivity contribution < 1.29 is 4.74 Å². The number of piperidine rings is 1. The summed E-state index contributed by atoms with van der Waals surface area (Å²) in [6, 6.07) is 0.725. The second-order valence-corrected chi connectivity index (χ2v) is 5.42. The summed E-state index contributed by atoms with van der Waals surface area (Å²) in [6.45, 7) is 5.63. The van der Waals surface area contributed by atoms with Crippen LogP contribution in [0.25, 0.3) is 0 Å². The van der Waals surface area contributed by atoms with Crippen LogP contribution in [-0.4, -0.2) is 24.3 Å². The molecule has 2 heterocycles. The molecule has 2 rings (SSSR count). The summed E-state index contributed by atoms with van der Waals surface area (Å²) >= 11 is 0. The van der Waals surface area contributed by atoms with Crippen LogP contribution in [0.1, 0.15) is 52.4 Å². The van der Waals surface area contributed by atoms with E-state index in [9.17, 15) is 0 Å². The minimum atomic E-state index is 0.138. The van der Waals surface area contributed by atoms with E-state index < -0.39 is 0 Å². The molecule has 2 aliphatic heterocycles. The van der Waals surface area contributed by atoms with Gasteiger partial charge in [0.1, 0.15) is 0 Å². The first-order chi connectivity index (χ1) is 6.66. The van der Waals surface area contributed by atoms with E-state index in [0.717, 1.165) is 6.04 Å². The molecule has 0 aromatic rings. The van der Waals surface area contributed by atoms with Gasteiger partial charge in [-0.15, -0.1) is 0 Å². The highest BCUT2D eigenvalue weighted by molar-refractivity contribution is 4.84. The summed E-state index contributed by atoms with van der Waals surface area (Å²) in [4.78, 5) is 0. The van der Waals surface area contributed by atoms with Gasteiger partial charge < -0.3 is 10.1 Å². The van der Waals surface area contributed by atoms with E-state index >= 15 is 0 Å². The van der Waals surface area contributed by atoms with Crippen molar-refractivity contribution >= 4 is 0 Å². The second kappa shape index (κ2) is 4.19. The van der Waals surface area contributed by atoms with E-state index in [1.165, 1.54) is 45.1 Å². The molecule has 0 spiro atoms. The minimum Gasteiger partial charge on any atom is -0.372 e. The molecule has 0 radical (unpaired) electrons. The van der Waals surface area contributed by atoms with Gasteiger partial charge in [0.05, 0.1) is 11.7 Å². The van der Waals surface area contributed by atoms with Gasteiger partial charge >= 0.3 is 0 Å². The van der Waals surface area contributed by atoms with Crippen LogP contribution >= 0.6 is 0 Å². The molecule has 0 aromatic carbocycles. The third-order valence-corrected chi connectivity index (χ3v) is 3.51. The highest BCUT2D eigenvalue weighted by Crippen LogP contribution is 2.32. The molecule has 0 aromatic heterocycles. The summed E-state index contributed by atoms with van der Waals surface area (Å²) in [5.74, 6) is 0. The molecule has 2 saturated heterocycles. The topological polar surface area (TPSA) is 21.3 Å². The predicted molar refractivity (Wildman–Crippen MR) is 58.4 cm³/mol. The number of nitrogens with one attached hydrogen (secondary N) is 1. The van der Waals surface area contributed by atoms with Gasteiger partial charge in [-0.3, -0.25) is 0 Å². The Morgan fingerprint density at radius 3 is 2.71 bits per heavy atom. The molecule has 2 unspecified atom stereocenters. The Bertz CT molecular complexity index is 185. The summed E-state index contributed by atoms with van der Waals surface area (Å²) in [5.41, 5.74) is 0.138. The molecule has 0 aliphatic carbocycles. The quantitative estimate of drug-likeness (QED) is 0.734. The first kappa shape index (κ1) is 10.4. The van der Waals surface area contributed by atoms with Crippen LogP contribution in [0.4, 0.5) is 0 Å². The van der Waals surface area contributed by atoms with Gasteiger partial charge in [-0.25, -0.2) is 0 Å². The van der Waals surface area contributed by atoms with Crippen LogP contribution in [0.15, 0.2) is 0 Å².